The molecule has 0 saturated carbocycles. The van der Waals surface area contributed by atoms with Gasteiger partial charge in [-0.3, -0.25) is 0 Å². The molecule has 6 heteroatoms. The molecule has 0 aliphatic heterocycles. The van der Waals surface area contributed by atoms with Gasteiger partial charge in [-0.25, -0.2) is 15.0 Å². The summed E-state index contributed by atoms with van der Waals surface area (Å²) in [6.07, 6.45) is 5.91. The lowest BCUT2D eigenvalue weighted by atomic mass is 9.97. The maximum Gasteiger partial charge on any atom is 0.165 e. The summed E-state index contributed by atoms with van der Waals surface area (Å²) < 4.78 is 13.8. The van der Waals surface area contributed by atoms with Crippen molar-refractivity contribution in [2.24, 2.45) is 0 Å². The van der Waals surface area contributed by atoms with Crippen molar-refractivity contribution in [1.82, 2.24) is 15.0 Å². The number of hydrogen-bond acceptors (Lipinski definition) is 6. The molecule has 0 saturated heterocycles. The van der Waals surface area contributed by atoms with Crippen LogP contribution in [0.3, 0.4) is 0 Å². The van der Waals surface area contributed by atoms with Gasteiger partial charge in [0.15, 0.2) is 17.5 Å². The summed E-state index contributed by atoms with van der Waals surface area (Å²) in [5.41, 5.74) is 9.42. The number of benzene rings is 6. The molecule has 0 atom stereocenters. The molecule has 0 aliphatic carbocycles. The smallest absolute Gasteiger partial charge is 0.165 e. The predicted molar refractivity (Wildman–Crippen MR) is 215 cm³/mol. The second-order valence-electron chi connectivity index (χ2n) is 12.9. The van der Waals surface area contributed by atoms with Crippen LogP contribution in [-0.4, -0.2) is 15.0 Å². The molecule has 0 aliphatic rings. The van der Waals surface area contributed by atoms with Crippen molar-refractivity contribution in [3.05, 3.63) is 157 Å². The third kappa shape index (κ3) is 4.95. The summed E-state index contributed by atoms with van der Waals surface area (Å²) in [4.78, 5) is 16.4. The standard InChI is InChI=1S/C46H29N3O2S/c1-3-4-19-42-27(2)34-22-31(30-20-21-33-36-25-35-32-17-11-12-18-38(32)50-40(35)26-41(36)51-39(33)24-30)23-37(43(34)52-42)46-48-44(28-13-7-5-8-14-28)47-45(49-46)29-15-9-6-10-16-29/h3-26H,1H2,2H3/b19-4-. The van der Waals surface area contributed by atoms with E-state index in [9.17, 15) is 0 Å². The first-order valence-electron chi connectivity index (χ1n) is 17.1. The van der Waals surface area contributed by atoms with Crippen molar-refractivity contribution in [1.29, 1.82) is 0 Å². The van der Waals surface area contributed by atoms with Crippen LogP contribution in [0.25, 0.3) is 105 Å². The lowest BCUT2D eigenvalue weighted by Gasteiger charge is -2.11. The third-order valence-corrected chi connectivity index (χ3v) is 11.0. The highest BCUT2D eigenvalue weighted by Gasteiger charge is 2.20. The first-order valence-corrected chi connectivity index (χ1v) is 17.9. The fourth-order valence-electron chi connectivity index (χ4n) is 7.09. The Hall–Kier alpha value is -6.63. The van der Waals surface area contributed by atoms with E-state index in [1.807, 2.05) is 97.1 Å². The first-order chi connectivity index (χ1) is 25.6. The van der Waals surface area contributed by atoms with Crippen molar-refractivity contribution in [2.45, 2.75) is 6.92 Å². The van der Waals surface area contributed by atoms with E-state index in [1.165, 1.54) is 10.4 Å². The Morgan fingerprint density at radius 1 is 0.519 bits per heavy atom. The number of fused-ring (bicyclic) bond motifs is 7. The number of thiophene rings is 1. The molecule has 4 aromatic heterocycles. The highest BCUT2D eigenvalue weighted by molar-refractivity contribution is 7.20. The van der Waals surface area contributed by atoms with E-state index >= 15 is 0 Å². The van der Waals surface area contributed by atoms with Gasteiger partial charge in [0, 0.05) is 53.9 Å². The summed E-state index contributed by atoms with van der Waals surface area (Å²) in [7, 11) is 0. The Morgan fingerprint density at radius 3 is 1.85 bits per heavy atom. The summed E-state index contributed by atoms with van der Waals surface area (Å²) >= 11 is 1.74. The molecule has 6 aromatic carbocycles. The number of allylic oxidation sites excluding steroid dienone is 2. The minimum Gasteiger partial charge on any atom is -0.456 e. The molecule has 0 unspecified atom stereocenters. The average Bonchev–Trinajstić information content (AvgIpc) is 3.85. The zero-order chi connectivity index (χ0) is 34.8. The van der Waals surface area contributed by atoms with Crippen molar-refractivity contribution in [3.63, 3.8) is 0 Å². The Balaban J connectivity index is 1.19. The normalized spacial score (nSPS) is 11.9. The average molecular weight is 688 g/mol. The van der Waals surface area contributed by atoms with Crippen LogP contribution in [0.1, 0.15) is 10.4 Å². The van der Waals surface area contributed by atoms with Crippen LogP contribution >= 0.6 is 11.3 Å². The number of aryl methyl sites for hydroxylation is 1. The van der Waals surface area contributed by atoms with Gasteiger partial charge in [0.05, 0.1) is 0 Å². The van der Waals surface area contributed by atoms with Crippen LogP contribution in [0, 0.1) is 6.92 Å². The Labute approximate surface area is 302 Å². The number of nitrogens with zero attached hydrogens (tertiary/aromatic N) is 3. The Kier molecular flexibility index (Phi) is 6.98. The summed E-state index contributed by atoms with van der Waals surface area (Å²) in [5, 5.41) is 5.47. The quantitative estimate of drug-likeness (QED) is 0.163. The van der Waals surface area contributed by atoms with Crippen LogP contribution < -0.4 is 0 Å². The van der Waals surface area contributed by atoms with Gasteiger partial charge in [-0.05, 0) is 71.5 Å². The topological polar surface area (TPSA) is 65.0 Å². The van der Waals surface area contributed by atoms with Gasteiger partial charge in [0.1, 0.15) is 22.3 Å². The van der Waals surface area contributed by atoms with Gasteiger partial charge in [-0.1, -0.05) is 104 Å². The number of hydrogen-bond donors (Lipinski definition) is 0. The molecule has 0 radical (unpaired) electrons. The van der Waals surface area contributed by atoms with Gasteiger partial charge in [-0.15, -0.1) is 11.3 Å². The van der Waals surface area contributed by atoms with Crippen molar-refractivity contribution >= 4 is 71.4 Å². The van der Waals surface area contributed by atoms with Crippen LogP contribution in [0.5, 0.6) is 0 Å². The summed E-state index contributed by atoms with van der Waals surface area (Å²) in [6.45, 7) is 6.07. The van der Waals surface area contributed by atoms with E-state index in [4.69, 9.17) is 23.8 Å². The van der Waals surface area contributed by atoms with Gasteiger partial charge in [-0.2, -0.15) is 0 Å². The summed E-state index contributed by atoms with van der Waals surface area (Å²) in [5.74, 6) is 1.88. The van der Waals surface area contributed by atoms with Gasteiger partial charge in [0.25, 0.3) is 0 Å². The minimum atomic E-state index is 0.625. The Bertz CT molecular complexity index is 2980. The molecule has 4 heterocycles. The van der Waals surface area contributed by atoms with Crippen molar-refractivity contribution in [3.8, 4) is 45.3 Å². The minimum absolute atomic E-state index is 0.625. The van der Waals surface area contributed by atoms with Crippen molar-refractivity contribution < 1.29 is 8.83 Å². The maximum atomic E-state index is 6.51. The van der Waals surface area contributed by atoms with E-state index in [1.54, 1.807) is 11.3 Å². The Morgan fingerprint density at radius 2 is 1.13 bits per heavy atom. The molecule has 52 heavy (non-hydrogen) atoms. The van der Waals surface area contributed by atoms with E-state index in [2.05, 4.69) is 62.0 Å². The third-order valence-electron chi connectivity index (χ3n) is 9.70. The van der Waals surface area contributed by atoms with Crippen molar-refractivity contribution in [2.75, 3.05) is 0 Å². The number of para-hydroxylation sites is 1. The monoisotopic (exact) mass is 687 g/mol. The maximum absolute atomic E-state index is 6.51. The molecular weight excluding hydrogens is 659 g/mol. The highest BCUT2D eigenvalue weighted by Crippen LogP contribution is 2.43. The molecule has 0 fully saturated rings. The van der Waals surface area contributed by atoms with E-state index < -0.39 is 0 Å². The molecule has 0 N–H and O–H groups in total. The van der Waals surface area contributed by atoms with Gasteiger partial charge >= 0.3 is 0 Å². The summed E-state index contributed by atoms with van der Waals surface area (Å²) in [6, 6.07) is 43.5. The largest absolute Gasteiger partial charge is 0.456 e. The number of furan rings is 2. The zero-order valence-electron chi connectivity index (χ0n) is 28.1. The zero-order valence-corrected chi connectivity index (χ0v) is 28.9. The molecular formula is C46H29N3O2S. The molecule has 0 bridgehead atoms. The van der Waals surface area contributed by atoms with Crippen LogP contribution in [-0.2, 0) is 0 Å². The molecule has 10 aromatic rings. The predicted octanol–water partition coefficient (Wildman–Crippen LogP) is 13.1. The molecule has 0 amide bonds. The lowest BCUT2D eigenvalue weighted by Crippen LogP contribution is -2.00. The fraction of sp³-hybridized carbons (Fsp3) is 0.0217. The molecule has 0 spiro atoms. The van der Waals surface area contributed by atoms with Crippen LogP contribution in [0.2, 0.25) is 0 Å². The second kappa shape index (κ2) is 12.0. The van der Waals surface area contributed by atoms with Gasteiger partial charge in [0.2, 0.25) is 0 Å². The van der Waals surface area contributed by atoms with E-state index in [0.717, 1.165) is 81.8 Å². The van der Waals surface area contributed by atoms with E-state index in [-0.39, 0.29) is 0 Å². The fourth-order valence-corrected chi connectivity index (χ4v) is 8.30. The lowest BCUT2D eigenvalue weighted by molar-refractivity contribution is 0.656. The van der Waals surface area contributed by atoms with Crippen LogP contribution in [0.15, 0.2) is 155 Å². The second-order valence-corrected chi connectivity index (χ2v) is 13.9. The molecule has 10 rings (SSSR count). The van der Waals surface area contributed by atoms with Gasteiger partial charge < -0.3 is 8.83 Å². The number of rotatable bonds is 6. The SMILES string of the molecule is C=C/C=C\c1sc2c(-c3nc(-c4ccccc4)nc(-c4ccccc4)n3)cc(-c3ccc4c(c3)oc3cc5oc6ccccc6c5cc34)cc2c1C. The van der Waals surface area contributed by atoms with Crippen LogP contribution in [0.4, 0.5) is 0 Å². The van der Waals surface area contributed by atoms with E-state index in [0.29, 0.717) is 17.5 Å². The molecule has 5 nitrogen and oxygen atoms in total. The number of aromatic nitrogens is 3. The highest BCUT2D eigenvalue weighted by atomic mass is 32.1. The molecule has 246 valence electrons. The first kappa shape index (κ1) is 30.2.